The Morgan fingerprint density at radius 3 is 1.71 bits per heavy atom. The number of carboxylic acid groups (broad SMARTS) is 1. The van der Waals surface area contributed by atoms with Gasteiger partial charge in [-0.1, -0.05) is 128 Å². The SMILES string of the molecule is CCCCCC/C=C\C/C=C\CCCCCCCC(=O)OC(/C=C\CCCCCCCC)CCCCCCC(=O)NCC(=O)NC(CO)C(=O)O. The zero-order chi connectivity index (χ0) is 37.6. The second-order valence-electron chi connectivity index (χ2n) is 13.7. The van der Waals surface area contributed by atoms with Gasteiger partial charge in [-0.05, 0) is 76.7 Å². The largest absolute Gasteiger partial charge is 0.480 e. The average molecular weight is 719 g/mol. The summed E-state index contributed by atoms with van der Waals surface area (Å²) in [5, 5.41) is 22.5. The van der Waals surface area contributed by atoms with Crippen molar-refractivity contribution in [3.8, 4) is 0 Å². The van der Waals surface area contributed by atoms with Crippen molar-refractivity contribution in [1.82, 2.24) is 10.6 Å². The van der Waals surface area contributed by atoms with Gasteiger partial charge in [0.25, 0.3) is 0 Å². The van der Waals surface area contributed by atoms with Crippen molar-refractivity contribution in [3.05, 3.63) is 36.5 Å². The maximum Gasteiger partial charge on any atom is 0.328 e. The number of carbonyl (C=O) groups is 4. The Hall–Kier alpha value is -2.94. The zero-order valence-corrected chi connectivity index (χ0v) is 32.4. The van der Waals surface area contributed by atoms with Crippen molar-refractivity contribution in [1.29, 1.82) is 0 Å². The summed E-state index contributed by atoms with van der Waals surface area (Å²) in [6, 6.07) is -1.39. The summed E-state index contributed by atoms with van der Waals surface area (Å²) in [6.07, 6.45) is 40.4. The van der Waals surface area contributed by atoms with Crippen molar-refractivity contribution >= 4 is 23.8 Å². The fourth-order valence-corrected chi connectivity index (χ4v) is 5.65. The third-order valence-corrected chi connectivity index (χ3v) is 8.84. The van der Waals surface area contributed by atoms with Gasteiger partial charge in [-0.15, -0.1) is 0 Å². The van der Waals surface area contributed by atoms with E-state index in [0.29, 0.717) is 12.8 Å². The number of aliphatic hydroxyl groups is 1. The number of hydrogen-bond acceptors (Lipinski definition) is 6. The normalized spacial score (nSPS) is 12.8. The van der Waals surface area contributed by atoms with Gasteiger partial charge in [0, 0.05) is 12.8 Å². The number of aliphatic carboxylic acids is 1. The molecule has 0 aliphatic rings. The van der Waals surface area contributed by atoms with Gasteiger partial charge < -0.3 is 25.6 Å². The number of rotatable bonds is 36. The Balaban J connectivity index is 4.30. The molecule has 9 heteroatoms. The molecule has 2 amide bonds. The molecule has 0 fully saturated rings. The van der Waals surface area contributed by atoms with Crippen molar-refractivity contribution < 1.29 is 34.1 Å². The van der Waals surface area contributed by atoms with E-state index in [1.807, 2.05) is 0 Å². The molecular formula is C42H74N2O7. The molecule has 51 heavy (non-hydrogen) atoms. The lowest BCUT2D eigenvalue weighted by Crippen LogP contribution is -2.47. The molecular weight excluding hydrogens is 644 g/mol. The minimum Gasteiger partial charge on any atom is -0.480 e. The molecule has 0 rings (SSSR count). The van der Waals surface area contributed by atoms with Gasteiger partial charge in [0.2, 0.25) is 11.8 Å². The standard InChI is InChI=1S/C42H74N2O7/c1-3-5-7-9-11-13-14-15-16-17-18-19-20-22-24-30-34-41(48)51-37(31-27-23-21-12-10-8-6-4-2)32-28-25-26-29-33-39(46)43-35-40(47)44-38(36-45)42(49)50/h13-14,16-17,27,31,37-38,45H,3-12,15,18-26,28-30,32-36H2,1-2H3,(H,43,46)(H,44,47)(H,49,50)/b14-13-,17-16-,31-27-. The lowest BCUT2D eigenvalue weighted by Gasteiger charge is -2.15. The van der Waals surface area contributed by atoms with Gasteiger partial charge in [0.1, 0.15) is 12.1 Å². The summed E-state index contributed by atoms with van der Waals surface area (Å²) in [4.78, 5) is 47.4. The first-order chi connectivity index (χ1) is 24.8. The Morgan fingerprint density at radius 2 is 1.12 bits per heavy atom. The predicted molar refractivity (Wildman–Crippen MR) is 208 cm³/mol. The van der Waals surface area contributed by atoms with E-state index in [2.05, 4.69) is 60.9 Å². The number of amides is 2. The molecule has 0 aromatic heterocycles. The topological polar surface area (TPSA) is 142 Å². The second-order valence-corrected chi connectivity index (χ2v) is 13.7. The monoisotopic (exact) mass is 719 g/mol. The summed E-state index contributed by atoms with van der Waals surface area (Å²) in [7, 11) is 0. The molecule has 294 valence electrons. The number of carboxylic acids is 1. The van der Waals surface area contributed by atoms with E-state index < -0.39 is 24.5 Å². The molecule has 0 saturated carbocycles. The molecule has 0 aromatic rings. The van der Waals surface area contributed by atoms with Crippen LogP contribution in [0, 0.1) is 0 Å². The number of aliphatic hydroxyl groups excluding tert-OH is 1. The Kier molecular flexibility index (Phi) is 34.7. The Morgan fingerprint density at radius 1 is 0.608 bits per heavy atom. The van der Waals surface area contributed by atoms with E-state index in [1.54, 1.807) is 0 Å². The molecule has 2 unspecified atom stereocenters. The Bertz CT molecular complexity index is 963. The fraction of sp³-hybridized carbons (Fsp3) is 0.762. The van der Waals surface area contributed by atoms with Crippen LogP contribution < -0.4 is 10.6 Å². The summed E-state index contributed by atoms with van der Waals surface area (Å²) in [5.74, 6) is -2.41. The average Bonchev–Trinajstić information content (AvgIpc) is 3.11. The lowest BCUT2D eigenvalue weighted by atomic mass is 10.1. The van der Waals surface area contributed by atoms with E-state index in [4.69, 9.17) is 14.9 Å². The van der Waals surface area contributed by atoms with Gasteiger partial charge >= 0.3 is 11.9 Å². The highest BCUT2D eigenvalue weighted by molar-refractivity contribution is 5.87. The zero-order valence-electron chi connectivity index (χ0n) is 32.4. The smallest absolute Gasteiger partial charge is 0.328 e. The fourth-order valence-electron chi connectivity index (χ4n) is 5.65. The maximum absolute atomic E-state index is 12.7. The quantitative estimate of drug-likeness (QED) is 0.0287. The number of esters is 1. The Labute approximate surface area is 310 Å². The molecule has 2 atom stereocenters. The van der Waals surface area contributed by atoms with Crippen LogP contribution in [0.4, 0.5) is 0 Å². The number of allylic oxidation sites excluding steroid dienone is 5. The minimum atomic E-state index is -1.39. The van der Waals surface area contributed by atoms with Gasteiger partial charge in [0.05, 0.1) is 13.2 Å². The maximum atomic E-state index is 12.7. The number of ether oxygens (including phenoxy) is 1. The van der Waals surface area contributed by atoms with Crippen LogP contribution in [-0.2, 0) is 23.9 Å². The van der Waals surface area contributed by atoms with Crippen LogP contribution >= 0.6 is 0 Å². The molecule has 0 saturated heterocycles. The van der Waals surface area contributed by atoms with Gasteiger partial charge in [-0.3, -0.25) is 14.4 Å². The molecule has 0 radical (unpaired) electrons. The van der Waals surface area contributed by atoms with Crippen molar-refractivity contribution in [2.24, 2.45) is 0 Å². The summed E-state index contributed by atoms with van der Waals surface area (Å²) >= 11 is 0. The molecule has 4 N–H and O–H groups in total. The van der Waals surface area contributed by atoms with Crippen LogP contribution in [0.5, 0.6) is 0 Å². The highest BCUT2D eigenvalue weighted by Crippen LogP contribution is 2.15. The summed E-state index contributed by atoms with van der Waals surface area (Å²) in [5.41, 5.74) is 0. The second kappa shape index (κ2) is 36.8. The number of hydrogen-bond donors (Lipinski definition) is 4. The van der Waals surface area contributed by atoms with E-state index in [-0.39, 0.29) is 30.9 Å². The van der Waals surface area contributed by atoms with E-state index in [1.165, 1.54) is 77.0 Å². The summed E-state index contributed by atoms with van der Waals surface area (Å²) in [6.45, 7) is 3.41. The van der Waals surface area contributed by atoms with Crippen molar-refractivity contribution in [3.63, 3.8) is 0 Å². The number of carbonyl (C=O) groups excluding carboxylic acids is 3. The van der Waals surface area contributed by atoms with Gasteiger partial charge in [-0.25, -0.2) is 4.79 Å². The summed E-state index contributed by atoms with van der Waals surface area (Å²) < 4.78 is 5.89. The first-order valence-corrected chi connectivity index (χ1v) is 20.4. The van der Waals surface area contributed by atoms with E-state index in [0.717, 1.165) is 70.6 Å². The van der Waals surface area contributed by atoms with Crippen molar-refractivity contribution in [2.45, 2.75) is 193 Å². The molecule has 9 nitrogen and oxygen atoms in total. The molecule has 0 aliphatic carbocycles. The first kappa shape index (κ1) is 48.1. The molecule has 0 aromatic carbocycles. The van der Waals surface area contributed by atoms with Crippen LogP contribution in [-0.4, -0.2) is 59.3 Å². The molecule has 0 bridgehead atoms. The third-order valence-electron chi connectivity index (χ3n) is 8.84. The molecule has 0 aliphatic heterocycles. The van der Waals surface area contributed by atoms with E-state index in [9.17, 15) is 19.2 Å². The van der Waals surface area contributed by atoms with Gasteiger partial charge in [0.15, 0.2) is 0 Å². The van der Waals surface area contributed by atoms with E-state index >= 15 is 0 Å². The highest BCUT2D eigenvalue weighted by atomic mass is 16.5. The van der Waals surface area contributed by atoms with Gasteiger partial charge in [-0.2, -0.15) is 0 Å². The van der Waals surface area contributed by atoms with Crippen LogP contribution in [0.2, 0.25) is 0 Å². The molecule has 0 heterocycles. The molecule has 0 spiro atoms. The van der Waals surface area contributed by atoms with Crippen LogP contribution in [0.25, 0.3) is 0 Å². The predicted octanol–water partition coefficient (Wildman–Crippen LogP) is 9.43. The number of nitrogens with one attached hydrogen (secondary N) is 2. The number of unbranched alkanes of at least 4 members (excludes halogenated alkanes) is 18. The minimum absolute atomic E-state index is 0.125. The van der Waals surface area contributed by atoms with Crippen LogP contribution in [0.3, 0.4) is 0 Å². The third kappa shape index (κ3) is 33.9. The van der Waals surface area contributed by atoms with Crippen LogP contribution in [0.1, 0.15) is 181 Å². The van der Waals surface area contributed by atoms with Crippen molar-refractivity contribution in [2.75, 3.05) is 13.2 Å². The first-order valence-electron chi connectivity index (χ1n) is 20.4. The highest BCUT2D eigenvalue weighted by Gasteiger charge is 2.18. The van der Waals surface area contributed by atoms with Crippen LogP contribution in [0.15, 0.2) is 36.5 Å². The lowest BCUT2D eigenvalue weighted by molar-refractivity contribution is -0.147.